The van der Waals surface area contributed by atoms with E-state index in [1.165, 1.54) is 19.3 Å². The largest absolute Gasteiger partial charge is 0.312 e. The Morgan fingerprint density at radius 2 is 1.95 bits per heavy atom. The Balaban J connectivity index is 0.00000176. The van der Waals surface area contributed by atoms with Crippen LogP contribution in [0.15, 0.2) is 30.3 Å². The third-order valence-electron chi connectivity index (χ3n) is 4.65. The molecule has 5 heteroatoms. The van der Waals surface area contributed by atoms with E-state index in [1.807, 2.05) is 42.2 Å². The predicted octanol–water partition coefficient (Wildman–Crippen LogP) is 2.29. The van der Waals surface area contributed by atoms with Crippen LogP contribution in [0.1, 0.15) is 26.2 Å². The van der Waals surface area contributed by atoms with Crippen molar-refractivity contribution in [2.24, 2.45) is 0 Å². The normalized spacial score (nSPS) is 24.4. The van der Waals surface area contributed by atoms with Gasteiger partial charge in [-0.15, -0.1) is 12.4 Å². The lowest BCUT2D eigenvalue weighted by atomic mass is 10.1. The molecule has 2 bridgehead atoms. The van der Waals surface area contributed by atoms with E-state index in [0.29, 0.717) is 18.6 Å². The van der Waals surface area contributed by atoms with Gasteiger partial charge >= 0.3 is 0 Å². The molecule has 0 radical (unpaired) electrons. The summed E-state index contributed by atoms with van der Waals surface area (Å²) < 4.78 is 0. The highest BCUT2D eigenvalue weighted by Crippen LogP contribution is 2.21. The number of nitrogens with one attached hydrogen (secondary N) is 1. The van der Waals surface area contributed by atoms with E-state index in [2.05, 4.69) is 10.2 Å². The number of hydrogen-bond donors (Lipinski definition) is 1. The van der Waals surface area contributed by atoms with Gasteiger partial charge in [-0.1, -0.05) is 18.2 Å². The second-order valence-corrected chi connectivity index (χ2v) is 6.14. The van der Waals surface area contributed by atoms with Gasteiger partial charge in [0.2, 0.25) is 5.91 Å². The van der Waals surface area contributed by atoms with Crippen molar-refractivity contribution in [3.05, 3.63) is 30.3 Å². The number of nitrogens with zero attached hydrogens (tertiary/aromatic N) is 2. The molecule has 2 heterocycles. The summed E-state index contributed by atoms with van der Waals surface area (Å²) in [7, 11) is 0. The number of hydrogen-bond acceptors (Lipinski definition) is 3. The van der Waals surface area contributed by atoms with Crippen molar-refractivity contribution in [3.8, 4) is 0 Å². The van der Waals surface area contributed by atoms with E-state index in [9.17, 15) is 4.79 Å². The molecule has 3 rings (SSSR count). The number of benzene rings is 1. The van der Waals surface area contributed by atoms with Crippen molar-refractivity contribution in [3.63, 3.8) is 0 Å². The molecule has 0 saturated carbocycles. The summed E-state index contributed by atoms with van der Waals surface area (Å²) in [6.45, 7) is 5.34. The molecule has 1 aromatic carbocycles. The summed E-state index contributed by atoms with van der Waals surface area (Å²) in [5.74, 6) is 0.210. The number of para-hydroxylation sites is 1. The maximum Gasteiger partial charge on any atom is 0.241 e. The van der Waals surface area contributed by atoms with Gasteiger partial charge in [0, 0.05) is 37.4 Å². The van der Waals surface area contributed by atoms with Crippen molar-refractivity contribution >= 4 is 24.0 Å². The van der Waals surface area contributed by atoms with Crippen molar-refractivity contribution in [1.29, 1.82) is 0 Å². The molecule has 1 N–H and O–H groups in total. The second kappa shape index (κ2) is 7.95. The number of carbonyl (C=O) groups excluding carboxylic acids is 1. The molecule has 2 aliphatic heterocycles. The Morgan fingerprint density at radius 3 is 2.68 bits per heavy atom. The molecule has 22 heavy (non-hydrogen) atoms. The Labute approximate surface area is 139 Å². The van der Waals surface area contributed by atoms with Crippen LogP contribution in [-0.4, -0.2) is 49.1 Å². The van der Waals surface area contributed by atoms with Gasteiger partial charge in [-0.05, 0) is 38.3 Å². The highest BCUT2D eigenvalue weighted by atomic mass is 35.5. The first-order valence-corrected chi connectivity index (χ1v) is 8.10. The van der Waals surface area contributed by atoms with Crippen LogP contribution in [0.2, 0.25) is 0 Å². The first kappa shape index (κ1) is 17.3. The van der Waals surface area contributed by atoms with Crippen molar-refractivity contribution < 1.29 is 4.79 Å². The monoisotopic (exact) mass is 323 g/mol. The number of carbonyl (C=O) groups is 1. The molecule has 2 aliphatic rings. The summed E-state index contributed by atoms with van der Waals surface area (Å²) in [4.78, 5) is 16.8. The molecule has 122 valence electrons. The fraction of sp³-hybridized carbons (Fsp3) is 0.588. The molecule has 1 aromatic rings. The van der Waals surface area contributed by atoms with Crippen LogP contribution in [0.5, 0.6) is 0 Å². The zero-order chi connectivity index (χ0) is 14.7. The van der Waals surface area contributed by atoms with Crippen LogP contribution in [0, 0.1) is 0 Å². The minimum atomic E-state index is 0. The summed E-state index contributed by atoms with van der Waals surface area (Å²) in [6.07, 6.45) is 3.73. The minimum Gasteiger partial charge on any atom is -0.312 e. The summed E-state index contributed by atoms with van der Waals surface area (Å²) in [5, 5.41) is 3.66. The zero-order valence-electron chi connectivity index (χ0n) is 13.2. The zero-order valence-corrected chi connectivity index (χ0v) is 14.0. The molecule has 0 aliphatic carbocycles. The number of likely N-dealkylation sites (tertiary alicyclic amines) is 1. The van der Waals surface area contributed by atoms with Gasteiger partial charge in [-0.3, -0.25) is 9.69 Å². The first-order valence-electron chi connectivity index (χ1n) is 8.10. The maximum atomic E-state index is 12.6. The average Bonchev–Trinajstić information content (AvgIpc) is 2.83. The maximum absolute atomic E-state index is 12.6. The number of likely N-dealkylation sites (N-methyl/N-ethyl adjacent to an activating group) is 1. The minimum absolute atomic E-state index is 0. The Hall–Kier alpha value is -1.10. The van der Waals surface area contributed by atoms with Gasteiger partial charge in [0.05, 0.1) is 6.54 Å². The van der Waals surface area contributed by atoms with E-state index in [0.717, 1.165) is 25.3 Å². The molecular weight excluding hydrogens is 298 g/mol. The summed E-state index contributed by atoms with van der Waals surface area (Å²) in [6, 6.07) is 11.2. The third kappa shape index (κ3) is 4.00. The van der Waals surface area contributed by atoms with Crippen molar-refractivity contribution in [2.45, 2.75) is 38.3 Å². The SMILES string of the molecule is CCN(C(=O)CN1CCC2CCC(C1)N2)c1ccccc1.Cl. The predicted molar refractivity (Wildman–Crippen MR) is 92.7 cm³/mol. The van der Waals surface area contributed by atoms with Crippen molar-refractivity contribution in [1.82, 2.24) is 10.2 Å². The van der Waals surface area contributed by atoms with Crippen LogP contribution >= 0.6 is 12.4 Å². The smallest absolute Gasteiger partial charge is 0.241 e. The quantitative estimate of drug-likeness (QED) is 0.923. The Bertz CT molecular complexity index is 482. The van der Waals surface area contributed by atoms with E-state index in [4.69, 9.17) is 0 Å². The molecule has 0 spiro atoms. The number of anilines is 1. The average molecular weight is 324 g/mol. The van der Waals surface area contributed by atoms with E-state index in [1.54, 1.807) is 0 Å². The Morgan fingerprint density at radius 1 is 1.23 bits per heavy atom. The molecule has 2 fully saturated rings. The van der Waals surface area contributed by atoms with Gasteiger partial charge in [-0.25, -0.2) is 0 Å². The topological polar surface area (TPSA) is 35.6 Å². The van der Waals surface area contributed by atoms with E-state index >= 15 is 0 Å². The van der Waals surface area contributed by atoms with Gasteiger partial charge in [0.1, 0.15) is 0 Å². The van der Waals surface area contributed by atoms with Crippen molar-refractivity contribution in [2.75, 3.05) is 31.1 Å². The molecule has 2 saturated heterocycles. The molecule has 2 unspecified atom stereocenters. The lowest BCUT2D eigenvalue weighted by Crippen LogP contribution is -2.43. The van der Waals surface area contributed by atoms with Gasteiger partial charge in [0.25, 0.3) is 0 Å². The van der Waals surface area contributed by atoms with Crippen LogP contribution < -0.4 is 10.2 Å². The summed E-state index contributed by atoms with van der Waals surface area (Å²) >= 11 is 0. The molecule has 4 nitrogen and oxygen atoms in total. The highest BCUT2D eigenvalue weighted by Gasteiger charge is 2.30. The van der Waals surface area contributed by atoms with E-state index in [-0.39, 0.29) is 18.3 Å². The molecule has 0 aromatic heterocycles. The lowest BCUT2D eigenvalue weighted by molar-refractivity contribution is -0.119. The fourth-order valence-electron chi connectivity index (χ4n) is 3.55. The van der Waals surface area contributed by atoms with Crippen LogP contribution in [0.4, 0.5) is 5.69 Å². The van der Waals surface area contributed by atoms with Crippen LogP contribution in [0.3, 0.4) is 0 Å². The third-order valence-corrected chi connectivity index (χ3v) is 4.65. The first-order chi connectivity index (χ1) is 10.3. The number of amides is 1. The number of rotatable bonds is 4. The Kier molecular flexibility index (Phi) is 6.24. The van der Waals surface area contributed by atoms with Crippen LogP contribution in [-0.2, 0) is 4.79 Å². The number of fused-ring (bicyclic) bond motifs is 2. The molecule has 2 atom stereocenters. The van der Waals surface area contributed by atoms with Crippen LogP contribution in [0.25, 0.3) is 0 Å². The lowest BCUT2D eigenvalue weighted by Gasteiger charge is -2.27. The molecule has 1 amide bonds. The van der Waals surface area contributed by atoms with Gasteiger partial charge in [0.15, 0.2) is 0 Å². The van der Waals surface area contributed by atoms with Gasteiger partial charge in [-0.2, -0.15) is 0 Å². The fourth-order valence-corrected chi connectivity index (χ4v) is 3.55. The second-order valence-electron chi connectivity index (χ2n) is 6.14. The highest BCUT2D eigenvalue weighted by molar-refractivity contribution is 5.94. The molecular formula is C17H26ClN3O. The number of halogens is 1. The van der Waals surface area contributed by atoms with E-state index < -0.39 is 0 Å². The van der Waals surface area contributed by atoms with Gasteiger partial charge < -0.3 is 10.2 Å². The summed E-state index contributed by atoms with van der Waals surface area (Å²) in [5.41, 5.74) is 1.000. The standard InChI is InChI=1S/C17H25N3O.ClH/c1-2-20(16-6-4-3-5-7-16)17(21)13-19-11-10-14-8-9-15(12-19)18-14;/h3-7,14-15,18H,2,8-13H2,1H3;1H.